The first-order valence-corrected chi connectivity index (χ1v) is 5.53. The van der Waals surface area contributed by atoms with Gasteiger partial charge >= 0.3 is 0 Å². The molecule has 0 saturated heterocycles. The number of hydrogen-bond donors (Lipinski definition) is 3. The molecule has 0 fully saturated rings. The molecular formula is C11H13N5O. The molecule has 4 N–H and O–H groups in total. The molecule has 0 aliphatic heterocycles. The van der Waals surface area contributed by atoms with Gasteiger partial charge in [-0.3, -0.25) is 9.89 Å². The molecule has 1 unspecified atom stereocenters. The molecule has 0 radical (unpaired) electrons. The van der Waals surface area contributed by atoms with Gasteiger partial charge in [-0.15, -0.1) is 0 Å². The maximum atomic E-state index is 11.8. The van der Waals surface area contributed by atoms with Crippen LogP contribution in [0.25, 0.3) is 11.5 Å². The number of aryl methyl sites for hydroxylation is 1. The Balaban J connectivity index is 2.05. The lowest BCUT2D eigenvalue weighted by molar-refractivity contribution is 0.0965. The molecule has 0 aromatic carbocycles. The first-order valence-electron chi connectivity index (χ1n) is 5.53. The third kappa shape index (κ3) is 1.66. The van der Waals surface area contributed by atoms with Gasteiger partial charge in [-0.05, 0) is 13.0 Å². The fourth-order valence-electron chi connectivity index (χ4n) is 2.17. The minimum absolute atomic E-state index is 0.0876. The van der Waals surface area contributed by atoms with Gasteiger partial charge in [-0.1, -0.05) is 0 Å². The van der Waals surface area contributed by atoms with E-state index in [0.29, 0.717) is 18.7 Å². The maximum absolute atomic E-state index is 11.8. The molecule has 3 rings (SSSR count). The number of nitrogens with two attached hydrogens (primary N) is 1. The summed E-state index contributed by atoms with van der Waals surface area (Å²) in [5.41, 5.74) is 8.20. The van der Waals surface area contributed by atoms with Crippen LogP contribution in [0.4, 0.5) is 0 Å². The Morgan fingerprint density at radius 3 is 3.00 bits per heavy atom. The van der Waals surface area contributed by atoms with E-state index in [4.69, 9.17) is 5.73 Å². The summed E-state index contributed by atoms with van der Waals surface area (Å²) in [7, 11) is 0. The molecule has 1 aliphatic carbocycles. The van der Waals surface area contributed by atoms with Gasteiger partial charge in [0.2, 0.25) is 0 Å². The summed E-state index contributed by atoms with van der Waals surface area (Å²) in [5, 5.41) is 6.84. The van der Waals surface area contributed by atoms with Gasteiger partial charge in [-0.25, -0.2) is 4.98 Å². The van der Waals surface area contributed by atoms with Gasteiger partial charge in [0.1, 0.15) is 5.82 Å². The van der Waals surface area contributed by atoms with E-state index in [-0.39, 0.29) is 11.8 Å². The third-order valence-corrected chi connectivity index (χ3v) is 2.95. The van der Waals surface area contributed by atoms with Crippen LogP contribution in [-0.4, -0.2) is 32.0 Å². The van der Waals surface area contributed by atoms with Gasteiger partial charge in [0.25, 0.3) is 0 Å². The Morgan fingerprint density at radius 1 is 1.47 bits per heavy atom. The monoisotopic (exact) mass is 231 g/mol. The molecule has 0 spiro atoms. The molecule has 2 heterocycles. The van der Waals surface area contributed by atoms with E-state index in [1.807, 2.05) is 13.0 Å². The van der Waals surface area contributed by atoms with E-state index in [9.17, 15) is 4.79 Å². The maximum Gasteiger partial charge on any atom is 0.197 e. The Bertz CT molecular complexity index is 582. The first kappa shape index (κ1) is 10.2. The second-order valence-corrected chi connectivity index (χ2v) is 4.41. The van der Waals surface area contributed by atoms with Gasteiger partial charge in [0, 0.05) is 30.1 Å². The molecule has 1 aliphatic rings. The summed E-state index contributed by atoms with van der Waals surface area (Å²) in [6.45, 7) is 1.83. The minimum atomic E-state index is -0.0876. The lowest BCUT2D eigenvalue weighted by Gasteiger charge is -2.16. The second-order valence-electron chi connectivity index (χ2n) is 4.41. The lowest BCUT2D eigenvalue weighted by atomic mass is 9.93. The molecule has 2 aromatic heterocycles. The summed E-state index contributed by atoms with van der Waals surface area (Å²) in [6.07, 6.45) is 1.11. The molecule has 1 atom stereocenters. The van der Waals surface area contributed by atoms with Crippen molar-refractivity contribution in [1.82, 2.24) is 20.2 Å². The highest BCUT2D eigenvalue weighted by molar-refractivity contribution is 5.99. The first-order chi connectivity index (χ1) is 8.13. The van der Waals surface area contributed by atoms with Crippen LogP contribution < -0.4 is 5.73 Å². The predicted octanol–water partition coefficient (Wildman–Crippen LogP) is 0.564. The van der Waals surface area contributed by atoms with E-state index in [1.54, 1.807) is 0 Å². The lowest BCUT2D eigenvalue weighted by Crippen LogP contribution is -2.31. The van der Waals surface area contributed by atoms with Crippen molar-refractivity contribution >= 4 is 5.78 Å². The molecule has 17 heavy (non-hydrogen) atoms. The van der Waals surface area contributed by atoms with Crippen LogP contribution in [0.1, 0.15) is 28.3 Å². The van der Waals surface area contributed by atoms with Crippen molar-refractivity contribution < 1.29 is 4.79 Å². The number of nitrogens with zero attached hydrogens (tertiary/aromatic N) is 2. The average molecular weight is 231 g/mol. The fraction of sp³-hybridized carbons (Fsp3) is 0.364. The zero-order valence-corrected chi connectivity index (χ0v) is 9.45. The van der Waals surface area contributed by atoms with E-state index >= 15 is 0 Å². The van der Waals surface area contributed by atoms with Gasteiger partial charge < -0.3 is 10.7 Å². The Morgan fingerprint density at radius 2 is 2.29 bits per heavy atom. The number of H-pyrrole nitrogens is 2. The smallest absolute Gasteiger partial charge is 0.197 e. The minimum Gasteiger partial charge on any atom is -0.355 e. The largest absolute Gasteiger partial charge is 0.355 e. The number of Topliss-reactive ketones (excluding diaryl/α,β-unsaturated/α-hetero) is 1. The zero-order chi connectivity index (χ0) is 12.0. The Hall–Kier alpha value is -1.95. The number of fused-ring (bicyclic) bond motifs is 1. The quantitative estimate of drug-likeness (QED) is 0.667. The molecule has 6 nitrogen and oxygen atoms in total. The van der Waals surface area contributed by atoms with Gasteiger partial charge in [0.15, 0.2) is 11.6 Å². The third-order valence-electron chi connectivity index (χ3n) is 2.95. The van der Waals surface area contributed by atoms with E-state index < -0.39 is 0 Å². The summed E-state index contributed by atoms with van der Waals surface area (Å²) in [5.74, 6) is 1.42. The average Bonchev–Trinajstić information content (AvgIpc) is 2.83. The van der Waals surface area contributed by atoms with E-state index in [1.165, 1.54) is 0 Å². The second kappa shape index (κ2) is 3.53. The molecule has 6 heteroatoms. The highest BCUT2D eigenvalue weighted by Gasteiger charge is 2.25. The highest BCUT2D eigenvalue weighted by Crippen LogP contribution is 2.25. The SMILES string of the molecule is Cc1nc(-c2cc3c([nH]2)CC(N)CC3=O)n[nH]1. The molecule has 0 bridgehead atoms. The topological polar surface area (TPSA) is 100 Å². The van der Waals surface area contributed by atoms with E-state index in [0.717, 1.165) is 22.8 Å². The number of carbonyl (C=O) groups excluding carboxylic acids is 1. The number of nitrogens with one attached hydrogen (secondary N) is 2. The standard InChI is InChI=1S/C11H13N5O/c1-5-13-11(16-15-5)9-4-7-8(14-9)2-6(12)3-10(7)17/h4,6,14H,2-3,12H2,1H3,(H,13,15,16). The Labute approximate surface area is 97.6 Å². The number of carbonyl (C=O) groups is 1. The van der Waals surface area contributed by atoms with Gasteiger partial charge in [0.05, 0.1) is 5.69 Å². The molecule has 0 amide bonds. The number of ketones is 1. The number of rotatable bonds is 1. The van der Waals surface area contributed by atoms with Crippen LogP contribution >= 0.6 is 0 Å². The van der Waals surface area contributed by atoms with Crippen molar-refractivity contribution in [3.63, 3.8) is 0 Å². The van der Waals surface area contributed by atoms with Crippen molar-refractivity contribution in [2.45, 2.75) is 25.8 Å². The van der Waals surface area contributed by atoms with Crippen molar-refractivity contribution in [1.29, 1.82) is 0 Å². The molecule has 0 saturated carbocycles. The highest BCUT2D eigenvalue weighted by atomic mass is 16.1. The van der Waals surface area contributed by atoms with Gasteiger partial charge in [-0.2, -0.15) is 5.10 Å². The van der Waals surface area contributed by atoms with E-state index in [2.05, 4.69) is 20.2 Å². The van der Waals surface area contributed by atoms with Crippen LogP contribution in [0.15, 0.2) is 6.07 Å². The summed E-state index contributed by atoms with van der Waals surface area (Å²) in [4.78, 5) is 19.2. The van der Waals surface area contributed by atoms with Crippen LogP contribution in [0.3, 0.4) is 0 Å². The summed E-state index contributed by atoms with van der Waals surface area (Å²) < 4.78 is 0. The Kier molecular flexibility index (Phi) is 2.12. The number of hydrogen-bond acceptors (Lipinski definition) is 4. The van der Waals surface area contributed by atoms with Crippen molar-refractivity contribution in [2.24, 2.45) is 5.73 Å². The molecule has 88 valence electrons. The number of aromatic amines is 2. The zero-order valence-electron chi connectivity index (χ0n) is 9.45. The number of aromatic nitrogens is 4. The van der Waals surface area contributed by atoms with Crippen LogP contribution in [0.2, 0.25) is 0 Å². The van der Waals surface area contributed by atoms with Crippen LogP contribution in [0.5, 0.6) is 0 Å². The molecular weight excluding hydrogens is 218 g/mol. The summed E-state index contributed by atoms with van der Waals surface area (Å²) in [6, 6.07) is 1.72. The van der Waals surface area contributed by atoms with Crippen molar-refractivity contribution in [2.75, 3.05) is 0 Å². The van der Waals surface area contributed by atoms with Crippen molar-refractivity contribution in [3.05, 3.63) is 23.1 Å². The van der Waals surface area contributed by atoms with Crippen molar-refractivity contribution in [3.8, 4) is 11.5 Å². The fourth-order valence-corrected chi connectivity index (χ4v) is 2.17. The summed E-state index contributed by atoms with van der Waals surface area (Å²) >= 11 is 0. The molecule has 2 aromatic rings. The van der Waals surface area contributed by atoms with Crippen LogP contribution in [0, 0.1) is 6.92 Å². The predicted molar refractivity (Wildman–Crippen MR) is 61.5 cm³/mol. The normalized spacial score (nSPS) is 19.4. The van der Waals surface area contributed by atoms with Crippen LogP contribution in [-0.2, 0) is 6.42 Å².